The molecule has 2 heterocycles. The maximum absolute atomic E-state index is 12.7. The van der Waals surface area contributed by atoms with Crippen molar-refractivity contribution in [3.05, 3.63) is 18.3 Å². The molecular weight excluding hydrogens is 348 g/mol. The Balaban J connectivity index is 2.25. The van der Waals surface area contributed by atoms with Gasteiger partial charge >= 0.3 is 0 Å². The van der Waals surface area contributed by atoms with E-state index in [9.17, 15) is 8.42 Å². The number of pyridine rings is 1. The Morgan fingerprint density at radius 1 is 1.25 bits per heavy atom. The minimum Gasteiger partial charge on any atom is -0.378 e. The fraction of sp³-hybridized carbons (Fsp3) is 0.600. The Morgan fingerprint density at radius 2 is 1.96 bits per heavy atom. The number of sulfonamides is 1. The molecule has 0 atom stereocenters. The average Bonchev–Trinajstić information content (AvgIpc) is 2.94. The number of thioether (sulfide) groups is 1. The summed E-state index contributed by atoms with van der Waals surface area (Å²) in [6, 6.07) is 3.26. The van der Waals surface area contributed by atoms with E-state index in [1.165, 1.54) is 16.1 Å². The third-order valence-electron chi connectivity index (χ3n) is 3.45. The van der Waals surface area contributed by atoms with Gasteiger partial charge < -0.3 is 4.74 Å². The first-order chi connectivity index (χ1) is 11.4. The standard InChI is InChI=1S/C15H24N4O3S2/c1-5-18(6-2)24(20,21)13-7-8-14-16-17-15(19(14)11-13)23-10-9-22-12(3)4/h7-8,11-12H,5-6,9-10H2,1-4H3. The zero-order chi connectivity index (χ0) is 17.7. The number of rotatable bonds is 9. The van der Waals surface area contributed by atoms with Gasteiger partial charge in [-0.25, -0.2) is 8.42 Å². The van der Waals surface area contributed by atoms with Crippen LogP contribution in [-0.2, 0) is 14.8 Å². The molecule has 2 aromatic heterocycles. The van der Waals surface area contributed by atoms with E-state index in [1.54, 1.807) is 22.7 Å². The number of hydrogen-bond acceptors (Lipinski definition) is 6. The molecule has 2 rings (SSSR count). The molecule has 0 fully saturated rings. The van der Waals surface area contributed by atoms with E-state index in [2.05, 4.69) is 10.2 Å². The van der Waals surface area contributed by atoms with Crippen molar-refractivity contribution in [2.75, 3.05) is 25.4 Å². The third-order valence-corrected chi connectivity index (χ3v) is 6.39. The fourth-order valence-corrected chi connectivity index (χ4v) is 4.43. The SMILES string of the molecule is CCN(CC)S(=O)(=O)c1ccc2nnc(SCCOC(C)C)n2c1. The van der Waals surface area contributed by atoms with Crippen LogP contribution in [0.1, 0.15) is 27.7 Å². The van der Waals surface area contributed by atoms with Crippen LogP contribution in [0.15, 0.2) is 28.4 Å². The first-order valence-electron chi connectivity index (χ1n) is 7.99. The second kappa shape index (κ2) is 8.28. The Labute approximate surface area is 147 Å². The Hall–Kier alpha value is -1.16. The average molecular weight is 373 g/mol. The zero-order valence-corrected chi connectivity index (χ0v) is 16.1. The van der Waals surface area contributed by atoms with Gasteiger partial charge in [0.25, 0.3) is 0 Å². The van der Waals surface area contributed by atoms with Gasteiger partial charge in [-0.15, -0.1) is 10.2 Å². The summed E-state index contributed by atoms with van der Waals surface area (Å²) in [5.41, 5.74) is 0.626. The smallest absolute Gasteiger partial charge is 0.244 e. The Morgan fingerprint density at radius 3 is 2.58 bits per heavy atom. The van der Waals surface area contributed by atoms with Gasteiger partial charge in [-0.2, -0.15) is 4.31 Å². The van der Waals surface area contributed by atoms with Crippen molar-refractivity contribution in [3.8, 4) is 0 Å². The molecule has 0 aliphatic heterocycles. The van der Waals surface area contributed by atoms with Crippen molar-refractivity contribution in [2.24, 2.45) is 0 Å². The highest BCUT2D eigenvalue weighted by Crippen LogP contribution is 2.21. The van der Waals surface area contributed by atoms with Gasteiger partial charge in [0.2, 0.25) is 10.0 Å². The van der Waals surface area contributed by atoms with Gasteiger partial charge in [-0.3, -0.25) is 4.40 Å². The zero-order valence-electron chi connectivity index (χ0n) is 14.5. The molecule has 0 aliphatic carbocycles. The second-order valence-corrected chi connectivity index (χ2v) is 8.43. The normalized spacial score (nSPS) is 12.6. The molecule has 2 aromatic rings. The van der Waals surface area contributed by atoms with Gasteiger partial charge in [-0.1, -0.05) is 25.6 Å². The van der Waals surface area contributed by atoms with Crippen LogP contribution in [0.5, 0.6) is 0 Å². The van der Waals surface area contributed by atoms with Crippen molar-refractivity contribution in [2.45, 2.75) is 43.9 Å². The summed E-state index contributed by atoms with van der Waals surface area (Å²) in [5, 5.41) is 8.88. The van der Waals surface area contributed by atoms with Gasteiger partial charge in [-0.05, 0) is 26.0 Å². The molecule has 0 amide bonds. The molecule has 24 heavy (non-hydrogen) atoms. The summed E-state index contributed by atoms with van der Waals surface area (Å²) in [4.78, 5) is 0.249. The number of hydrogen-bond donors (Lipinski definition) is 0. The lowest BCUT2D eigenvalue weighted by atomic mass is 10.5. The molecule has 0 saturated carbocycles. The summed E-state index contributed by atoms with van der Waals surface area (Å²) >= 11 is 1.49. The van der Waals surface area contributed by atoms with Crippen LogP contribution in [0.4, 0.5) is 0 Å². The highest BCUT2D eigenvalue weighted by atomic mass is 32.2. The van der Waals surface area contributed by atoms with E-state index >= 15 is 0 Å². The van der Waals surface area contributed by atoms with Crippen molar-refractivity contribution < 1.29 is 13.2 Å². The predicted octanol–water partition coefficient (Wildman–Crippen LogP) is 2.28. The van der Waals surface area contributed by atoms with E-state index in [0.29, 0.717) is 30.5 Å². The molecule has 0 bridgehead atoms. The minimum atomic E-state index is -3.50. The molecule has 0 N–H and O–H groups in total. The highest BCUT2D eigenvalue weighted by Gasteiger charge is 2.22. The maximum atomic E-state index is 12.7. The topological polar surface area (TPSA) is 76.8 Å². The van der Waals surface area contributed by atoms with Gasteiger partial charge in [0.15, 0.2) is 10.8 Å². The fourth-order valence-electron chi connectivity index (χ4n) is 2.23. The van der Waals surface area contributed by atoms with E-state index in [4.69, 9.17) is 4.74 Å². The van der Waals surface area contributed by atoms with E-state index in [-0.39, 0.29) is 11.0 Å². The van der Waals surface area contributed by atoms with Crippen LogP contribution in [0.3, 0.4) is 0 Å². The van der Waals surface area contributed by atoms with Crippen LogP contribution >= 0.6 is 11.8 Å². The molecule has 0 aromatic carbocycles. The summed E-state index contributed by atoms with van der Waals surface area (Å²) in [7, 11) is -3.50. The first-order valence-corrected chi connectivity index (χ1v) is 10.4. The molecule has 134 valence electrons. The van der Waals surface area contributed by atoms with Crippen LogP contribution < -0.4 is 0 Å². The molecular formula is C15H24N4O3S2. The number of fused-ring (bicyclic) bond motifs is 1. The molecule has 0 spiro atoms. The van der Waals surface area contributed by atoms with Crippen molar-refractivity contribution in [3.63, 3.8) is 0 Å². The quantitative estimate of drug-likeness (QED) is 0.496. The summed E-state index contributed by atoms with van der Waals surface area (Å²) < 4.78 is 34.0. The van der Waals surface area contributed by atoms with E-state index < -0.39 is 10.0 Å². The highest BCUT2D eigenvalue weighted by molar-refractivity contribution is 7.99. The molecule has 0 radical (unpaired) electrons. The summed E-state index contributed by atoms with van der Waals surface area (Å²) in [6.45, 7) is 9.11. The van der Waals surface area contributed by atoms with Crippen LogP contribution in [0.2, 0.25) is 0 Å². The lowest BCUT2D eigenvalue weighted by Gasteiger charge is -2.18. The number of ether oxygens (including phenoxy) is 1. The van der Waals surface area contributed by atoms with Crippen LogP contribution in [0, 0.1) is 0 Å². The lowest BCUT2D eigenvalue weighted by molar-refractivity contribution is 0.0920. The number of nitrogens with zero attached hydrogens (tertiary/aromatic N) is 4. The summed E-state index contributed by atoms with van der Waals surface area (Å²) in [6.07, 6.45) is 1.78. The van der Waals surface area contributed by atoms with Gasteiger partial charge in [0, 0.05) is 25.0 Å². The van der Waals surface area contributed by atoms with Crippen LogP contribution in [0.25, 0.3) is 5.65 Å². The van der Waals surface area contributed by atoms with E-state index in [1.807, 2.05) is 27.7 Å². The molecule has 0 aliphatic rings. The molecule has 0 saturated heterocycles. The molecule has 7 nitrogen and oxygen atoms in total. The Bertz CT molecular complexity index is 770. The number of aromatic nitrogens is 3. The summed E-state index contributed by atoms with van der Waals surface area (Å²) in [5.74, 6) is 0.728. The first kappa shape index (κ1) is 19.2. The van der Waals surface area contributed by atoms with E-state index in [0.717, 1.165) is 5.75 Å². The second-order valence-electron chi connectivity index (χ2n) is 5.43. The lowest BCUT2D eigenvalue weighted by Crippen LogP contribution is -2.30. The van der Waals surface area contributed by atoms with Gasteiger partial charge in [0.1, 0.15) is 0 Å². The van der Waals surface area contributed by atoms with Gasteiger partial charge in [0.05, 0.1) is 17.6 Å². The largest absolute Gasteiger partial charge is 0.378 e. The molecule has 0 unspecified atom stereocenters. The van der Waals surface area contributed by atoms with Crippen molar-refractivity contribution in [1.29, 1.82) is 0 Å². The minimum absolute atomic E-state index is 0.187. The van der Waals surface area contributed by atoms with Crippen molar-refractivity contribution in [1.82, 2.24) is 18.9 Å². The third kappa shape index (κ3) is 4.27. The van der Waals surface area contributed by atoms with Crippen LogP contribution in [-0.4, -0.2) is 58.9 Å². The van der Waals surface area contributed by atoms with Crippen molar-refractivity contribution >= 4 is 27.4 Å². The maximum Gasteiger partial charge on any atom is 0.244 e. The Kier molecular flexibility index (Phi) is 6.62. The predicted molar refractivity (Wildman–Crippen MR) is 94.9 cm³/mol. The monoisotopic (exact) mass is 372 g/mol. The molecule has 9 heteroatoms.